The molecular formula is C18H22BrN3O4. The van der Waals surface area contributed by atoms with Crippen molar-refractivity contribution >= 4 is 44.8 Å². The lowest BCUT2D eigenvalue weighted by Crippen LogP contribution is -2.44. The second-order valence-electron chi connectivity index (χ2n) is 7.63. The fourth-order valence-corrected chi connectivity index (χ4v) is 2.47. The third-order valence-corrected chi connectivity index (χ3v) is 3.57. The van der Waals surface area contributed by atoms with E-state index in [0.29, 0.717) is 15.4 Å². The van der Waals surface area contributed by atoms with E-state index in [1.807, 2.05) is 0 Å². The highest BCUT2D eigenvalue weighted by Crippen LogP contribution is 2.30. The summed E-state index contributed by atoms with van der Waals surface area (Å²) in [6, 6.07) is 3.56. The number of amides is 2. The monoisotopic (exact) mass is 423 g/mol. The normalized spacial score (nSPS) is 12.0. The van der Waals surface area contributed by atoms with E-state index in [0.717, 1.165) is 4.90 Å². The minimum atomic E-state index is -0.881. The van der Waals surface area contributed by atoms with Crippen molar-refractivity contribution in [1.82, 2.24) is 9.97 Å². The quantitative estimate of drug-likeness (QED) is 0.636. The Morgan fingerprint density at radius 3 is 2.04 bits per heavy atom. The van der Waals surface area contributed by atoms with Crippen LogP contribution in [-0.4, -0.2) is 33.4 Å². The maximum Gasteiger partial charge on any atom is 0.425 e. The van der Waals surface area contributed by atoms with Crippen molar-refractivity contribution in [3.05, 3.63) is 29.0 Å². The summed E-state index contributed by atoms with van der Waals surface area (Å²) in [6.07, 6.45) is 1.30. The summed E-state index contributed by atoms with van der Waals surface area (Å²) in [6.45, 7) is 10.3. The molecule has 0 atom stereocenters. The minimum Gasteiger partial charge on any atom is -0.443 e. The molecule has 0 aromatic carbocycles. The third-order valence-electron chi connectivity index (χ3n) is 2.94. The van der Waals surface area contributed by atoms with E-state index in [1.54, 1.807) is 59.9 Å². The summed E-state index contributed by atoms with van der Waals surface area (Å²) in [5.74, 6) is 0.0484. The predicted molar refractivity (Wildman–Crippen MR) is 102 cm³/mol. The van der Waals surface area contributed by atoms with Gasteiger partial charge in [-0.1, -0.05) is 0 Å². The van der Waals surface area contributed by atoms with Gasteiger partial charge in [0.05, 0.1) is 0 Å². The fourth-order valence-electron chi connectivity index (χ4n) is 2.05. The highest BCUT2D eigenvalue weighted by atomic mass is 79.9. The van der Waals surface area contributed by atoms with Crippen LogP contribution in [0.2, 0.25) is 0 Å². The Hall–Kier alpha value is -2.22. The van der Waals surface area contributed by atoms with Crippen molar-refractivity contribution in [3.8, 4) is 0 Å². The Morgan fingerprint density at radius 2 is 1.54 bits per heavy atom. The highest BCUT2D eigenvalue weighted by Gasteiger charge is 2.35. The Morgan fingerprint density at radius 1 is 1.00 bits per heavy atom. The number of nitrogens with zero attached hydrogens (tertiary/aromatic N) is 3. The fraction of sp³-hybridized carbons (Fsp3) is 0.444. The smallest absolute Gasteiger partial charge is 0.425 e. The first kappa shape index (κ1) is 20.1. The van der Waals surface area contributed by atoms with Crippen LogP contribution in [0.5, 0.6) is 0 Å². The largest absolute Gasteiger partial charge is 0.443 e. The molecule has 0 unspecified atom stereocenters. The van der Waals surface area contributed by atoms with Crippen molar-refractivity contribution in [2.24, 2.45) is 0 Å². The van der Waals surface area contributed by atoms with Crippen LogP contribution in [0.1, 0.15) is 41.5 Å². The van der Waals surface area contributed by atoms with Crippen molar-refractivity contribution in [2.75, 3.05) is 4.90 Å². The molecule has 0 bridgehead atoms. The van der Waals surface area contributed by atoms with Crippen LogP contribution in [-0.2, 0) is 9.47 Å². The lowest BCUT2D eigenvalue weighted by atomic mass is 10.2. The van der Waals surface area contributed by atoms with Gasteiger partial charge in [-0.15, -0.1) is 0 Å². The summed E-state index contributed by atoms with van der Waals surface area (Å²) < 4.78 is 11.4. The van der Waals surface area contributed by atoms with Gasteiger partial charge in [-0.25, -0.2) is 14.6 Å². The van der Waals surface area contributed by atoms with Gasteiger partial charge in [-0.2, -0.15) is 4.90 Å². The number of imide groups is 1. The van der Waals surface area contributed by atoms with Gasteiger partial charge < -0.3 is 9.47 Å². The molecule has 0 N–H and O–H groups in total. The number of hydrogen-bond acceptors (Lipinski definition) is 6. The van der Waals surface area contributed by atoms with E-state index < -0.39 is 23.4 Å². The van der Waals surface area contributed by atoms with Crippen molar-refractivity contribution in [3.63, 3.8) is 0 Å². The van der Waals surface area contributed by atoms with E-state index in [9.17, 15) is 9.59 Å². The number of halogens is 1. The molecule has 2 heterocycles. The molecule has 140 valence electrons. The molecule has 0 saturated carbocycles. The third kappa shape index (κ3) is 4.91. The SMILES string of the molecule is CC(C)(C)OC(=O)N(C(=O)OC(C)(C)C)c1ncc(Br)c2cccnc12. The number of rotatable bonds is 1. The maximum absolute atomic E-state index is 12.7. The number of anilines is 1. The lowest BCUT2D eigenvalue weighted by Gasteiger charge is -2.28. The second-order valence-corrected chi connectivity index (χ2v) is 8.48. The Balaban J connectivity index is 2.59. The maximum atomic E-state index is 12.7. The van der Waals surface area contributed by atoms with Crippen LogP contribution >= 0.6 is 15.9 Å². The molecule has 7 nitrogen and oxygen atoms in total. The van der Waals surface area contributed by atoms with Gasteiger partial charge in [-0.3, -0.25) is 4.98 Å². The topological polar surface area (TPSA) is 81.6 Å². The molecule has 0 aliphatic heterocycles. The molecular weight excluding hydrogens is 402 g/mol. The molecule has 0 radical (unpaired) electrons. The van der Waals surface area contributed by atoms with E-state index in [-0.39, 0.29) is 5.82 Å². The number of aromatic nitrogens is 2. The Bertz CT molecular complexity index is 812. The van der Waals surface area contributed by atoms with E-state index in [2.05, 4.69) is 25.9 Å². The zero-order chi connectivity index (χ0) is 19.7. The zero-order valence-corrected chi connectivity index (χ0v) is 17.2. The Labute approximate surface area is 160 Å². The van der Waals surface area contributed by atoms with Crippen molar-refractivity contribution < 1.29 is 19.1 Å². The second kappa shape index (κ2) is 7.19. The van der Waals surface area contributed by atoms with Crippen molar-refractivity contribution in [1.29, 1.82) is 0 Å². The molecule has 26 heavy (non-hydrogen) atoms. The summed E-state index contributed by atoms with van der Waals surface area (Å²) >= 11 is 3.40. The molecule has 0 aliphatic carbocycles. The molecule has 2 aromatic heterocycles. The summed E-state index contributed by atoms with van der Waals surface area (Å²) in [7, 11) is 0. The molecule has 0 aliphatic rings. The van der Waals surface area contributed by atoms with Crippen LogP contribution in [0, 0.1) is 0 Å². The van der Waals surface area contributed by atoms with Gasteiger partial charge in [0, 0.05) is 22.3 Å². The van der Waals surface area contributed by atoms with Gasteiger partial charge in [0.25, 0.3) is 0 Å². The number of pyridine rings is 2. The summed E-state index contributed by atoms with van der Waals surface area (Å²) in [5, 5.41) is 0.703. The van der Waals surface area contributed by atoms with Crippen LogP contribution in [0.15, 0.2) is 29.0 Å². The molecule has 0 fully saturated rings. The first-order valence-electron chi connectivity index (χ1n) is 8.04. The molecule has 0 spiro atoms. The van der Waals surface area contributed by atoms with Crippen LogP contribution in [0.4, 0.5) is 15.4 Å². The minimum absolute atomic E-state index is 0.0484. The molecule has 0 saturated heterocycles. The van der Waals surface area contributed by atoms with E-state index >= 15 is 0 Å². The first-order chi connectivity index (χ1) is 11.9. The number of carbonyl (C=O) groups excluding carboxylic acids is 2. The van der Waals surface area contributed by atoms with E-state index in [4.69, 9.17) is 9.47 Å². The average Bonchev–Trinajstić information content (AvgIpc) is 2.46. The molecule has 2 rings (SSSR count). The van der Waals surface area contributed by atoms with Gasteiger partial charge in [0.2, 0.25) is 0 Å². The zero-order valence-electron chi connectivity index (χ0n) is 15.7. The van der Waals surface area contributed by atoms with Gasteiger partial charge in [0.1, 0.15) is 16.7 Å². The number of carbonyl (C=O) groups is 2. The van der Waals surface area contributed by atoms with Gasteiger partial charge in [0.15, 0.2) is 5.82 Å². The molecule has 2 amide bonds. The average molecular weight is 424 g/mol. The molecule has 2 aromatic rings. The Kier molecular flexibility index (Phi) is 5.55. The van der Waals surface area contributed by atoms with Crippen LogP contribution < -0.4 is 4.90 Å². The van der Waals surface area contributed by atoms with Crippen LogP contribution in [0.25, 0.3) is 10.9 Å². The molecule has 8 heteroatoms. The number of fused-ring (bicyclic) bond motifs is 1. The van der Waals surface area contributed by atoms with Gasteiger partial charge in [-0.05, 0) is 69.6 Å². The number of ether oxygens (including phenoxy) is 2. The number of hydrogen-bond donors (Lipinski definition) is 0. The standard InChI is InChI=1S/C18H22BrN3O4/c1-17(2,3)25-15(23)22(16(24)26-18(4,5)6)14-13-11(8-7-9-20-13)12(19)10-21-14/h7-10H,1-6H3. The van der Waals surface area contributed by atoms with Crippen LogP contribution in [0.3, 0.4) is 0 Å². The highest BCUT2D eigenvalue weighted by molar-refractivity contribution is 9.10. The predicted octanol–water partition coefficient (Wildman–Crippen LogP) is 5.07. The lowest BCUT2D eigenvalue weighted by molar-refractivity contribution is 0.0429. The van der Waals surface area contributed by atoms with Gasteiger partial charge >= 0.3 is 12.2 Å². The summed E-state index contributed by atoms with van der Waals surface area (Å²) in [4.78, 5) is 34.7. The first-order valence-corrected chi connectivity index (χ1v) is 8.84. The van der Waals surface area contributed by atoms with Crippen molar-refractivity contribution in [2.45, 2.75) is 52.7 Å². The summed E-state index contributed by atoms with van der Waals surface area (Å²) in [5.41, 5.74) is -1.22. The van der Waals surface area contributed by atoms with E-state index in [1.165, 1.54) is 6.20 Å².